The molecule has 4 atom stereocenters. The molecule has 7 nitrogen and oxygen atoms in total. The standard InChI is InChI=1S/C9H9N7/c10-2-6-12-4-1-5-9(16-8(4)14-6)15-7(3-11)13-5/h4-5,8-9,16H,1H2,(H,12,14)(H,13,15). The van der Waals surface area contributed by atoms with Crippen LogP contribution in [0.5, 0.6) is 0 Å². The van der Waals surface area contributed by atoms with Crippen molar-refractivity contribution in [1.82, 2.24) is 16.0 Å². The van der Waals surface area contributed by atoms with Gasteiger partial charge in [0.15, 0.2) is 0 Å². The second kappa shape index (κ2) is 3.19. The number of rotatable bonds is 0. The Bertz CT molecular complexity index is 421. The van der Waals surface area contributed by atoms with Crippen molar-refractivity contribution in [3.05, 3.63) is 0 Å². The molecule has 4 unspecified atom stereocenters. The molecule has 0 aromatic carbocycles. The number of nitriles is 2. The van der Waals surface area contributed by atoms with Gasteiger partial charge in [-0.3, -0.25) is 10.3 Å². The van der Waals surface area contributed by atoms with Crippen LogP contribution in [0.2, 0.25) is 0 Å². The van der Waals surface area contributed by atoms with Gasteiger partial charge in [0.25, 0.3) is 0 Å². The van der Waals surface area contributed by atoms with E-state index in [1.165, 1.54) is 0 Å². The van der Waals surface area contributed by atoms with E-state index in [1.54, 1.807) is 0 Å². The molecular formula is C9H9N7. The Labute approximate surface area is 91.9 Å². The van der Waals surface area contributed by atoms with Crippen molar-refractivity contribution in [2.75, 3.05) is 0 Å². The first kappa shape index (κ1) is 9.13. The molecule has 0 saturated carbocycles. The van der Waals surface area contributed by atoms with Crippen molar-refractivity contribution >= 4 is 11.7 Å². The Balaban J connectivity index is 1.77. The molecule has 3 heterocycles. The van der Waals surface area contributed by atoms with Gasteiger partial charge in [-0.05, 0) is 6.42 Å². The Morgan fingerprint density at radius 1 is 1.12 bits per heavy atom. The number of aliphatic imine (C=N–C) groups is 2. The maximum atomic E-state index is 8.74. The average molecular weight is 215 g/mol. The Hall–Kier alpha value is -2.12. The Morgan fingerprint density at radius 3 is 2.62 bits per heavy atom. The van der Waals surface area contributed by atoms with Crippen LogP contribution in [0.25, 0.3) is 0 Å². The fourth-order valence-corrected chi connectivity index (χ4v) is 2.29. The van der Waals surface area contributed by atoms with Crippen molar-refractivity contribution < 1.29 is 0 Å². The number of amidine groups is 2. The smallest absolute Gasteiger partial charge is 0.203 e. The zero-order valence-electron chi connectivity index (χ0n) is 8.31. The summed E-state index contributed by atoms with van der Waals surface area (Å²) in [4.78, 5) is 8.45. The summed E-state index contributed by atoms with van der Waals surface area (Å²) in [6.07, 6.45) is 0.631. The first-order valence-corrected chi connectivity index (χ1v) is 5.05. The number of nitrogens with zero attached hydrogens (tertiary/aromatic N) is 4. The van der Waals surface area contributed by atoms with Gasteiger partial charge in [-0.2, -0.15) is 10.5 Å². The van der Waals surface area contributed by atoms with Gasteiger partial charge in [0.1, 0.15) is 24.5 Å². The minimum Gasteiger partial charge on any atom is -0.355 e. The predicted octanol–water partition coefficient (Wildman–Crippen LogP) is -1.58. The molecule has 0 amide bonds. The van der Waals surface area contributed by atoms with Crippen LogP contribution in [0.15, 0.2) is 9.98 Å². The van der Waals surface area contributed by atoms with Crippen LogP contribution in [0.3, 0.4) is 0 Å². The van der Waals surface area contributed by atoms with Gasteiger partial charge in [0.2, 0.25) is 11.7 Å². The lowest BCUT2D eigenvalue weighted by Gasteiger charge is -2.33. The molecule has 7 heteroatoms. The van der Waals surface area contributed by atoms with Crippen molar-refractivity contribution in [2.24, 2.45) is 9.98 Å². The van der Waals surface area contributed by atoms with Gasteiger partial charge in [0, 0.05) is 0 Å². The average Bonchev–Trinajstić information content (AvgIpc) is 2.86. The molecule has 1 saturated heterocycles. The van der Waals surface area contributed by atoms with E-state index in [0.717, 1.165) is 6.42 Å². The quantitative estimate of drug-likeness (QED) is 0.452. The third-order valence-corrected chi connectivity index (χ3v) is 3.00. The summed E-state index contributed by atoms with van der Waals surface area (Å²) in [5.41, 5.74) is 0. The topological polar surface area (TPSA) is 108 Å². The fraction of sp³-hybridized carbons (Fsp3) is 0.556. The summed E-state index contributed by atoms with van der Waals surface area (Å²) < 4.78 is 0. The van der Waals surface area contributed by atoms with Crippen LogP contribution in [0.1, 0.15) is 6.42 Å². The van der Waals surface area contributed by atoms with Crippen molar-refractivity contribution in [3.8, 4) is 12.1 Å². The van der Waals surface area contributed by atoms with Gasteiger partial charge in [0.05, 0.1) is 12.1 Å². The number of fused-ring (bicyclic) bond motifs is 2. The first-order valence-electron chi connectivity index (χ1n) is 5.05. The molecule has 0 aromatic heterocycles. The minimum absolute atomic E-state index is 0.0386. The molecule has 1 fully saturated rings. The SMILES string of the molecule is N#CC1=NC2NC3NC(C#N)=NC3CC2N1. The highest BCUT2D eigenvalue weighted by atomic mass is 15.3. The molecule has 0 bridgehead atoms. The fourth-order valence-electron chi connectivity index (χ4n) is 2.29. The maximum absolute atomic E-state index is 8.74. The van der Waals surface area contributed by atoms with E-state index in [-0.39, 0.29) is 24.4 Å². The summed E-state index contributed by atoms with van der Waals surface area (Å²) in [5.74, 6) is 0.735. The molecule has 80 valence electrons. The normalized spacial score (nSPS) is 39.1. The van der Waals surface area contributed by atoms with Gasteiger partial charge < -0.3 is 10.6 Å². The van der Waals surface area contributed by atoms with E-state index in [9.17, 15) is 0 Å². The summed E-state index contributed by atoms with van der Waals surface area (Å²) >= 11 is 0. The van der Waals surface area contributed by atoms with E-state index in [2.05, 4.69) is 25.9 Å². The van der Waals surface area contributed by atoms with Gasteiger partial charge in [-0.25, -0.2) is 4.99 Å². The lowest BCUT2D eigenvalue weighted by Crippen LogP contribution is -2.60. The van der Waals surface area contributed by atoms with Gasteiger partial charge in [-0.15, -0.1) is 0 Å². The first-order chi connectivity index (χ1) is 7.80. The van der Waals surface area contributed by atoms with Crippen LogP contribution in [0, 0.1) is 22.7 Å². The van der Waals surface area contributed by atoms with E-state index < -0.39 is 0 Å². The highest BCUT2D eigenvalue weighted by Gasteiger charge is 2.42. The third-order valence-electron chi connectivity index (χ3n) is 3.00. The summed E-state index contributed by atoms with van der Waals surface area (Å²) in [5, 5.41) is 26.7. The number of hydrogen-bond donors (Lipinski definition) is 3. The molecule has 0 spiro atoms. The van der Waals surface area contributed by atoms with E-state index in [1.807, 2.05) is 12.1 Å². The van der Waals surface area contributed by atoms with E-state index in [0.29, 0.717) is 11.7 Å². The highest BCUT2D eigenvalue weighted by molar-refractivity contribution is 5.99. The number of piperidine rings is 1. The summed E-state index contributed by atoms with van der Waals surface area (Å²) in [7, 11) is 0. The largest absolute Gasteiger partial charge is 0.355 e. The molecule has 16 heavy (non-hydrogen) atoms. The third kappa shape index (κ3) is 1.23. The second-order valence-electron chi connectivity index (χ2n) is 3.97. The molecule has 3 rings (SSSR count). The molecular weight excluding hydrogens is 206 g/mol. The second-order valence-corrected chi connectivity index (χ2v) is 3.97. The van der Waals surface area contributed by atoms with Crippen LogP contribution >= 0.6 is 0 Å². The maximum Gasteiger partial charge on any atom is 0.203 e. The van der Waals surface area contributed by atoms with Crippen molar-refractivity contribution in [2.45, 2.75) is 30.8 Å². The van der Waals surface area contributed by atoms with Crippen LogP contribution in [-0.2, 0) is 0 Å². The van der Waals surface area contributed by atoms with E-state index in [4.69, 9.17) is 10.5 Å². The van der Waals surface area contributed by atoms with Crippen LogP contribution < -0.4 is 16.0 Å². The zero-order chi connectivity index (χ0) is 11.1. The highest BCUT2D eigenvalue weighted by Crippen LogP contribution is 2.22. The monoisotopic (exact) mass is 215 g/mol. The predicted molar refractivity (Wildman–Crippen MR) is 55.3 cm³/mol. The van der Waals surface area contributed by atoms with Crippen molar-refractivity contribution in [1.29, 1.82) is 10.5 Å². The Morgan fingerprint density at radius 2 is 1.88 bits per heavy atom. The lowest BCUT2D eigenvalue weighted by atomic mass is 9.99. The number of nitrogens with one attached hydrogen (secondary N) is 3. The summed E-state index contributed by atoms with van der Waals surface area (Å²) in [6, 6.07) is 4.13. The number of hydrogen-bond acceptors (Lipinski definition) is 7. The molecule has 3 N–H and O–H groups in total. The Kier molecular flexibility index (Phi) is 1.82. The molecule has 0 radical (unpaired) electrons. The van der Waals surface area contributed by atoms with Crippen LogP contribution in [-0.4, -0.2) is 36.1 Å². The van der Waals surface area contributed by atoms with Gasteiger partial charge >= 0.3 is 0 Å². The molecule has 3 aliphatic heterocycles. The van der Waals surface area contributed by atoms with Gasteiger partial charge in [-0.1, -0.05) is 0 Å². The summed E-state index contributed by atoms with van der Waals surface area (Å²) in [6.45, 7) is 0. The van der Waals surface area contributed by atoms with E-state index >= 15 is 0 Å². The zero-order valence-corrected chi connectivity index (χ0v) is 8.31. The van der Waals surface area contributed by atoms with Crippen molar-refractivity contribution in [3.63, 3.8) is 0 Å². The molecule has 3 aliphatic rings. The molecule has 0 aliphatic carbocycles. The van der Waals surface area contributed by atoms with Crippen LogP contribution in [0.4, 0.5) is 0 Å². The molecule has 0 aromatic rings. The lowest BCUT2D eigenvalue weighted by molar-refractivity contribution is 0.262. The minimum atomic E-state index is -0.100.